The SMILES string of the molecule is NNC(c1ccc(Br)cc1F)c1c(F)cccc1F. The Kier molecular flexibility index (Phi) is 4.24. The summed E-state index contributed by atoms with van der Waals surface area (Å²) in [6.45, 7) is 0. The molecule has 0 aliphatic rings. The van der Waals surface area contributed by atoms with Crippen LogP contribution in [0.4, 0.5) is 13.2 Å². The fourth-order valence-corrected chi connectivity index (χ4v) is 2.18. The van der Waals surface area contributed by atoms with Crippen molar-refractivity contribution in [3.05, 3.63) is 69.4 Å². The van der Waals surface area contributed by atoms with Gasteiger partial charge in [0.1, 0.15) is 17.5 Å². The summed E-state index contributed by atoms with van der Waals surface area (Å²) in [5.74, 6) is 3.14. The summed E-state index contributed by atoms with van der Waals surface area (Å²) in [7, 11) is 0. The first-order valence-corrected chi connectivity index (χ1v) is 6.19. The lowest BCUT2D eigenvalue weighted by atomic mass is 9.98. The molecule has 2 nitrogen and oxygen atoms in total. The van der Waals surface area contributed by atoms with Crippen molar-refractivity contribution in [2.75, 3.05) is 0 Å². The van der Waals surface area contributed by atoms with Crippen molar-refractivity contribution < 1.29 is 13.2 Å². The molecule has 0 aliphatic carbocycles. The van der Waals surface area contributed by atoms with E-state index in [0.29, 0.717) is 4.47 Å². The van der Waals surface area contributed by atoms with E-state index in [-0.39, 0.29) is 11.1 Å². The number of rotatable bonds is 3. The van der Waals surface area contributed by atoms with Gasteiger partial charge in [-0.05, 0) is 24.3 Å². The Morgan fingerprint density at radius 1 is 1.00 bits per heavy atom. The Balaban J connectivity index is 2.56. The maximum absolute atomic E-state index is 13.9. The Labute approximate surface area is 116 Å². The third-order valence-electron chi connectivity index (χ3n) is 2.73. The first kappa shape index (κ1) is 14.0. The average Bonchev–Trinajstić information content (AvgIpc) is 2.35. The molecule has 0 fully saturated rings. The highest BCUT2D eigenvalue weighted by molar-refractivity contribution is 9.10. The molecule has 2 rings (SSSR count). The molecule has 1 unspecified atom stereocenters. The summed E-state index contributed by atoms with van der Waals surface area (Å²) in [5.41, 5.74) is 1.99. The van der Waals surface area contributed by atoms with Gasteiger partial charge in [-0.2, -0.15) is 0 Å². The molecule has 0 saturated carbocycles. The number of hydrazine groups is 1. The van der Waals surface area contributed by atoms with Gasteiger partial charge in [0.2, 0.25) is 0 Å². The Hall–Kier alpha value is -1.37. The molecule has 0 bridgehead atoms. The predicted octanol–water partition coefficient (Wildman–Crippen LogP) is 3.42. The minimum Gasteiger partial charge on any atom is -0.271 e. The van der Waals surface area contributed by atoms with Crippen molar-refractivity contribution in [2.45, 2.75) is 6.04 Å². The molecular formula is C13H10BrF3N2. The fourth-order valence-electron chi connectivity index (χ4n) is 1.85. The molecule has 1 atom stereocenters. The monoisotopic (exact) mass is 330 g/mol. The van der Waals surface area contributed by atoms with Crippen molar-refractivity contribution in [3.63, 3.8) is 0 Å². The van der Waals surface area contributed by atoms with E-state index in [1.165, 1.54) is 18.2 Å². The molecule has 0 spiro atoms. The van der Waals surface area contributed by atoms with E-state index in [2.05, 4.69) is 21.4 Å². The molecule has 0 saturated heterocycles. The first-order chi connectivity index (χ1) is 9.04. The van der Waals surface area contributed by atoms with Gasteiger partial charge < -0.3 is 0 Å². The van der Waals surface area contributed by atoms with Gasteiger partial charge in [0.25, 0.3) is 0 Å². The van der Waals surface area contributed by atoms with Crippen LogP contribution in [0.2, 0.25) is 0 Å². The van der Waals surface area contributed by atoms with Crippen molar-refractivity contribution in [1.82, 2.24) is 5.43 Å². The second-order valence-corrected chi connectivity index (χ2v) is 4.82. The molecule has 2 aromatic carbocycles. The topological polar surface area (TPSA) is 38.0 Å². The van der Waals surface area contributed by atoms with Crippen LogP contribution >= 0.6 is 15.9 Å². The van der Waals surface area contributed by atoms with Gasteiger partial charge in [-0.15, -0.1) is 0 Å². The van der Waals surface area contributed by atoms with Gasteiger partial charge in [-0.25, -0.2) is 18.6 Å². The van der Waals surface area contributed by atoms with Crippen LogP contribution in [0.1, 0.15) is 17.2 Å². The quantitative estimate of drug-likeness (QED) is 0.668. The molecule has 0 aromatic heterocycles. The number of halogens is 4. The van der Waals surface area contributed by atoms with Gasteiger partial charge in [0.15, 0.2) is 0 Å². The third-order valence-corrected chi connectivity index (χ3v) is 3.22. The van der Waals surface area contributed by atoms with Crippen LogP contribution in [-0.4, -0.2) is 0 Å². The summed E-state index contributed by atoms with van der Waals surface area (Å²) < 4.78 is 41.8. The van der Waals surface area contributed by atoms with E-state index < -0.39 is 23.5 Å². The zero-order valence-corrected chi connectivity index (χ0v) is 11.2. The molecule has 2 aromatic rings. The summed E-state index contributed by atoms with van der Waals surface area (Å²) in [4.78, 5) is 0. The highest BCUT2D eigenvalue weighted by Gasteiger charge is 2.23. The minimum absolute atomic E-state index is 0.0645. The normalized spacial score (nSPS) is 12.5. The Bertz CT molecular complexity index is 584. The number of hydrogen-bond acceptors (Lipinski definition) is 2. The van der Waals surface area contributed by atoms with Gasteiger partial charge in [0, 0.05) is 15.6 Å². The number of nitrogens with two attached hydrogens (primary N) is 1. The Morgan fingerprint density at radius 2 is 1.63 bits per heavy atom. The first-order valence-electron chi connectivity index (χ1n) is 5.39. The molecule has 100 valence electrons. The van der Waals surface area contributed by atoms with Crippen LogP contribution in [0.15, 0.2) is 40.9 Å². The zero-order chi connectivity index (χ0) is 14.0. The number of hydrogen-bond donors (Lipinski definition) is 2. The van der Waals surface area contributed by atoms with E-state index >= 15 is 0 Å². The average molecular weight is 331 g/mol. The van der Waals surface area contributed by atoms with Gasteiger partial charge >= 0.3 is 0 Å². The van der Waals surface area contributed by atoms with E-state index in [9.17, 15) is 13.2 Å². The maximum atomic E-state index is 13.9. The van der Waals surface area contributed by atoms with Crippen molar-refractivity contribution in [1.29, 1.82) is 0 Å². The summed E-state index contributed by atoms with van der Waals surface area (Å²) in [5, 5.41) is 0. The van der Waals surface area contributed by atoms with E-state index in [0.717, 1.165) is 12.1 Å². The summed E-state index contributed by atoms with van der Waals surface area (Å²) in [6, 6.07) is 6.52. The predicted molar refractivity (Wildman–Crippen MR) is 69.6 cm³/mol. The fraction of sp³-hybridized carbons (Fsp3) is 0.0769. The van der Waals surface area contributed by atoms with Crippen molar-refractivity contribution in [3.8, 4) is 0 Å². The second-order valence-electron chi connectivity index (χ2n) is 3.90. The molecule has 0 radical (unpaired) electrons. The molecule has 19 heavy (non-hydrogen) atoms. The third kappa shape index (κ3) is 2.80. The van der Waals surface area contributed by atoms with Gasteiger partial charge in [0.05, 0.1) is 6.04 Å². The molecule has 0 aliphatic heterocycles. The van der Waals surface area contributed by atoms with Gasteiger partial charge in [-0.3, -0.25) is 5.84 Å². The standard InChI is InChI=1S/C13H10BrF3N2/c14-7-4-5-8(11(17)6-7)13(19-18)12-9(15)2-1-3-10(12)16/h1-6,13,19H,18H2. The summed E-state index contributed by atoms with van der Waals surface area (Å²) >= 11 is 3.11. The van der Waals surface area contributed by atoms with Crippen LogP contribution in [0.3, 0.4) is 0 Å². The molecule has 6 heteroatoms. The molecule has 3 N–H and O–H groups in total. The molecular weight excluding hydrogens is 321 g/mol. The molecule has 0 heterocycles. The Morgan fingerprint density at radius 3 is 2.16 bits per heavy atom. The zero-order valence-electron chi connectivity index (χ0n) is 9.63. The smallest absolute Gasteiger partial charge is 0.131 e. The number of nitrogens with one attached hydrogen (secondary N) is 1. The lowest BCUT2D eigenvalue weighted by molar-refractivity contribution is 0.495. The van der Waals surface area contributed by atoms with E-state index in [1.54, 1.807) is 6.07 Å². The van der Waals surface area contributed by atoms with Crippen LogP contribution in [0.5, 0.6) is 0 Å². The van der Waals surface area contributed by atoms with Crippen LogP contribution in [0, 0.1) is 17.5 Å². The highest BCUT2D eigenvalue weighted by atomic mass is 79.9. The largest absolute Gasteiger partial charge is 0.271 e. The van der Waals surface area contributed by atoms with Crippen LogP contribution in [-0.2, 0) is 0 Å². The number of benzene rings is 2. The summed E-state index contributed by atoms with van der Waals surface area (Å²) in [6.07, 6.45) is 0. The van der Waals surface area contributed by atoms with E-state index in [4.69, 9.17) is 5.84 Å². The van der Waals surface area contributed by atoms with Crippen LogP contribution in [0.25, 0.3) is 0 Å². The van der Waals surface area contributed by atoms with Crippen molar-refractivity contribution in [2.24, 2.45) is 5.84 Å². The molecule has 0 amide bonds. The lowest BCUT2D eigenvalue weighted by Crippen LogP contribution is -2.31. The maximum Gasteiger partial charge on any atom is 0.131 e. The van der Waals surface area contributed by atoms with Gasteiger partial charge in [-0.1, -0.05) is 28.1 Å². The van der Waals surface area contributed by atoms with E-state index in [1.807, 2.05) is 0 Å². The second kappa shape index (κ2) is 5.73. The van der Waals surface area contributed by atoms with Crippen molar-refractivity contribution >= 4 is 15.9 Å². The lowest BCUT2D eigenvalue weighted by Gasteiger charge is -2.19. The minimum atomic E-state index is -1.10. The van der Waals surface area contributed by atoms with Crippen LogP contribution < -0.4 is 11.3 Å². The highest BCUT2D eigenvalue weighted by Crippen LogP contribution is 2.29.